The zero-order valence-electron chi connectivity index (χ0n) is 14.0. The first-order valence-corrected chi connectivity index (χ1v) is 8.45. The third-order valence-corrected chi connectivity index (χ3v) is 4.62. The molecule has 6 heteroatoms. The largest absolute Gasteiger partial charge is 0.493 e. The monoisotopic (exact) mass is 344 g/mol. The molecule has 0 bridgehead atoms. The summed E-state index contributed by atoms with van der Waals surface area (Å²) in [5.41, 5.74) is 1.05. The summed E-state index contributed by atoms with van der Waals surface area (Å²) < 4.78 is 16.4. The molecule has 0 saturated carbocycles. The molecule has 0 aliphatic carbocycles. The van der Waals surface area contributed by atoms with Crippen molar-refractivity contribution in [1.29, 1.82) is 0 Å². The maximum absolute atomic E-state index is 5.63. The van der Waals surface area contributed by atoms with Gasteiger partial charge >= 0.3 is 0 Å². The fourth-order valence-electron chi connectivity index (χ4n) is 2.47. The number of ether oxygens (including phenoxy) is 2. The predicted octanol–water partition coefficient (Wildman–Crippen LogP) is 4.02. The van der Waals surface area contributed by atoms with Crippen LogP contribution in [0.2, 0.25) is 0 Å². The van der Waals surface area contributed by atoms with Crippen molar-refractivity contribution in [2.24, 2.45) is 0 Å². The predicted molar refractivity (Wildman–Crippen MR) is 94.6 cm³/mol. The Morgan fingerprint density at radius 1 is 1.12 bits per heavy atom. The molecule has 2 heterocycles. The van der Waals surface area contributed by atoms with E-state index in [0.717, 1.165) is 38.5 Å². The molecule has 24 heavy (non-hydrogen) atoms. The molecule has 126 valence electrons. The lowest BCUT2D eigenvalue weighted by atomic mass is 10.2. The molecule has 0 atom stereocenters. The number of hydrogen-bond acceptors (Lipinski definition) is 6. The van der Waals surface area contributed by atoms with Crippen molar-refractivity contribution in [2.45, 2.75) is 20.0 Å². The average Bonchev–Trinajstić information content (AvgIpc) is 3.23. The highest BCUT2D eigenvalue weighted by Crippen LogP contribution is 2.31. The second-order valence-electron chi connectivity index (χ2n) is 5.28. The van der Waals surface area contributed by atoms with Crippen LogP contribution in [0.4, 0.5) is 0 Å². The number of methoxy groups -OCH3 is 2. The number of rotatable bonds is 7. The first kappa shape index (κ1) is 16.5. The van der Waals surface area contributed by atoms with Crippen LogP contribution in [0.1, 0.15) is 16.3 Å². The highest BCUT2D eigenvalue weighted by Gasteiger charge is 2.10. The van der Waals surface area contributed by atoms with Crippen LogP contribution >= 0.6 is 11.3 Å². The van der Waals surface area contributed by atoms with Crippen molar-refractivity contribution in [3.05, 3.63) is 52.9 Å². The van der Waals surface area contributed by atoms with Crippen LogP contribution in [0.15, 0.2) is 40.9 Å². The first-order chi connectivity index (χ1) is 11.7. The lowest BCUT2D eigenvalue weighted by Gasteiger charge is -2.12. The van der Waals surface area contributed by atoms with Gasteiger partial charge in [0.2, 0.25) is 0 Å². The van der Waals surface area contributed by atoms with Gasteiger partial charge in [-0.3, -0.25) is 0 Å². The van der Waals surface area contributed by atoms with Crippen LogP contribution < -0.4 is 14.8 Å². The van der Waals surface area contributed by atoms with Gasteiger partial charge in [-0.05, 0) is 25.1 Å². The Balaban J connectivity index is 1.62. The van der Waals surface area contributed by atoms with E-state index in [1.54, 1.807) is 25.6 Å². The smallest absolute Gasteiger partial charge is 0.165 e. The van der Waals surface area contributed by atoms with E-state index < -0.39 is 0 Å². The third-order valence-electron chi connectivity index (χ3n) is 3.61. The number of furan rings is 1. The highest BCUT2D eigenvalue weighted by atomic mass is 32.1. The van der Waals surface area contributed by atoms with Gasteiger partial charge in [0.1, 0.15) is 16.5 Å². The van der Waals surface area contributed by atoms with Crippen LogP contribution in [0.3, 0.4) is 0 Å². The number of nitrogens with zero attached hydrogens (tertiary/aromatic N) is 1. The summed E-state index contributed by atoms with van der Waals surface area (Å²) in [6.45, 7) is 3.30. The standard InChI is InChI=1S/C18H20N2O3S/c1-12-7-8-14(23-12)16-10-20-17(24-16)11-19-9-13-5-4-6-15(21-2)18(13)22-3/h4-8,10,19H,9,11H2,1-3H3. The van der Waals surface area contributed by atoms with Gasteiger partial charge in [0, 0.05) is 24.8 Å². The molecule has 0 aliphatic heterocycles. The van der Waals surface area contributed by atoms with Crippen LogP contribution in [-0.2, 0) is 13.1 Å². The van der Waals surface area contributed by atoms with E-state index in [9.17, 15) is 0 Å². The van der Waals surface area contributed by atoms with E-state index in [0.29, 0.717) is 13.1 Å². The number of benzene rings is 1. The molecule has 3 rings (SSSR count). The van der Waals surface area contributed by atoms with Gasteiger partial charge in [0.15, 0.2) is 11.5 Å². The number of aryl methyl sites for hydroxylation is 1. The van der Waals surface area contributed by atoms with Gasteiger partial charge in [-0.1, -0.05) is 12.1 Å². The average molecular weight is 344 g/mol. The number of hydrogen-bond donors (Lipinski definition) is 1. The van der Waals surface area contributed by atoms with Crippen molar-refractivity contribution in [2.75, 3.05) is 14.2 Å². The maximum Gasteiger partial charge on any atom is 0.165 e. The Kier molecular flexibility index (Phi) is 5.17. The maximum atomic E-state index is 5.63. The molecule has 0 spiro atoms. The Morgan fingerprint density at radius 2 is 2.00 bits per heavy atom. The van der Waals surface area contributed by atoms with E-state index in [2.05, 4.69) is 10.3 Å². The van der Waals surface area contributed by atoms with Gasteiger partial charge in [0.05, 0.1) is 19.1 Å². The van der Waals surface area contributed by atoms with Crippen LogP contribution in [0.25, 0.3) is 10.6 Å². The van der Waals surface area contributed by atoms with Crippen LogP contribution in [0.5, 0.6) is 11.5 Å². The Bertz CT molecular complexity index is 810. The molecule has 1 N–H and O–H groups in total. The van der Waals surface area contributed by atoms with Crippen molar-refractivity contribution in [3.63, 3.8) is 0 Å². The number of para-hydroxylation sites is 1. The van der Waals surface area contributed by atoms with E-state index in [4.69, 9.17) is 13.9 Å². The van der Waals surface area contributed by atoms with Crippen molar-refractivity contribution < 1.29 is 13.9 Å². The minimum atomic E-state index is 0.676. The van der Waals surface area contributed by atoms with Crippen molar-refractivity contribution in [1.82, 2.24) is 10.3 Å². The number of aromatic nitrogens is 1. The van der Waals surface area contributed by atoms with E-state index in [1.165, 1.54) is 0 Å². The molecule has 0 saturated heterocycles. The molecule has 3 aromatic rings. The second-order valence-corrected chi connectivity index (χ2v) is 6.40. The summed E-state index contributed by atoms with van der Waals surface area (Å²) in [7, 11) is 3.29. The number of thiazole rings is 1. The van der Waals surface area contributed by atoms with Gasteiger partial charge in [-0.15, -0.1) is 11.3 Å². The minimum absolute atomic E-state index is 0.676. The molecule has 0 amide bonds. The normalized spacial score (nSPS) is 10.8. The molecular weight excluding hydrogens is 324 g/mol. The molecule has 0 aliphatic rings. The third kappa shape index (κ3) is 3.60. The fourth-order valence-corrected chi connectivity index (χ4v) is 3.32. The van der Waals surface area contributed by atoms with E-state index >= 15 is 0 Å². The van der Waals surface area contributed by atoms with Gasteiger partial charge in [-0.25, -0.2) is 4.98 Å². The van der Waals surface area contributed by atoms with Crippen molar-refractivity contribution >= 4 is 11.3 Å². The molecule has 1 aromatic carbocycles. The fraction of sp³-hybridized carbons (Fsp3) is 0.278. The van der Waals surface area contributed by atoms with Crippen LogP contribution in [-0.4, -0.2) is 19.2 Å². The quantitative estimate of drug-likeness (QED) is 0.701. The summed E-state index contributed by atoms with van der Waals surface area (Å²) in [5, 5.41) is 4.41. The van der Waals surface area contributed by atoms with Crippen molar-refractivity contribution in [3.8, 4) is 22.1 Å². The Labute approximate surface area is 145 Å². The SMILES string of the molecule is COc1cccc(CNCc2ncc(-c3ccc(C)o3)s2)c1OC. The first-order valence-electron chi connectivity index (χ1n) is 7.63. The van der Waals surface area contributed by atoms with E-state index in [-0.39, 0.29) is 0 Å². The van der Waals surface area contributed by atoms with Gasteiger partial charge in [0.25, 0.3) is 0 Å². The molecular formula is C18H20N2O3S. The summed E-state index contributed by atoms with van der Waals surface area (Å²) >= 11 is 1.63. The highest BCUT2D eigenvalue weighted by molar-refractivity contribution is 7.15. The minimum Gasteiger partial charge on any atom is -0.493 e. The summed E-state index contributed by atoms with van der Waals surface area (Å²) in [4.78, 5) is 5.49. The van der Waals surface area contributed by atoms with Crippen LogP contribution in [0, 0.1) is 6.92 Å². The van der Waals surface area contributed by atoms with E-state index in [1.807, 2.05) is 43.5 Å². The molecule has 0 radical (unpaired) electrons. The zero-order chi connectivity index (χ0) is 16.9. The van der Waals surface area contributed by atoms with Gasteiger partial charge in [-0.2, -0.15) is 0 Å². The lowest BCUT2D eigenvalue weighted by molar-refractivity contribution is 0.350. The second kappa shape index (κ2) is 7.51. The molecule has 5 nitrogen and oxygen atoms in total. The molecule has 2 aromatic heterocycles. The Hall–Kier alpha value is -2.31. The summed E-state index contributed by atoms with van der Waals surface area (Å²) in [5.74, 6) is 3.27. The van der Waals surface area contributed by atoms with Gasteiger partial charge < -0.3 is 19.2 Å². The topological polar surface area (TPSA) is 56.5 Å². The molecule has 0 fully saturated rings. The lowest BCUT2D eigenvalue weighted by Crippen LogP contribution is -2.13. The zero-order valence-corrected chi connectivity index (χ0v) is 14.8. The summed E-state index contributed by atoms with van der Waals surface area (Å²) in [6, 6.07) is 9.80. The molecule has 0 unspecified atom stereocenters. The number of nitrogens with one attached hydrogen (secondary N) is 1. The summed E-state index contributed by atoms with van der Waals surface area (Å²) in [6.07, 6.45) is 1.85. The Morgan fingerprint density at radius 3 is 2.71 bits per heavy atom.